The average molecular weight is 296 g/mol. The van der Waals surface area contributed by atoms with Gasteiger partial charge in [0.1, 0.15) is 10.8 Å². The molecule has 0 spiro atoms. The van der Waals surface area contributed by atoms with E-state index in [1.165, 1.54) is 29.2 Å². The Balaban J connectivity index is 1.77. The van der Waals surface area contributed by atoms with E-state index in [2.05, 4.69) is 10.3 Å². The summed E-state index contributed by atoms with van der Waals surface area (Å²) in [6.45, 7) is 2.34. The Hall–Kier alpha value is -1.40. The molecule has 0 atom stereocenters. The van der Waals surface area contributed by atoms with Crippen LogP contribution < -0.4 is 5.32 Å². The van der Waals surface area contributed by atoms with Crippen LogP contribution in [0.15, 0.2) is 34.5 Å². The first kappa shape index (κ1) is 14.0. The quantitative estimate of drug-likeness (QED) is 0.862. The predicted molar refractivity (Wildman–Crippen MR) is 75.8 cm³/mol. The van der Waals surface area contributed by atoms with E-state index >= 15 is 0 Å². The van der Waals surface area contributed by atoms with E-state index in [1.807, 2.05) is 12.3 Å². The van der Waals surface area contributed by atoms with Gasteiger partial charge in [-0.25, -0.2) is 9.37 Å². The number of thioether (sulfide) groups is 1. The van der Waals surface area contributed by atoms with Crippen molar-refractivity contribution in [2.45, 2.75) is 18.4 Å². The fraction of sp³-hybridized carbons (Fsp3) is 0.231. The first-order valence-corrected chi connectivity index (χ1v) is 7.56. The van der Waals surface area contributed by atoms with Crippen LogP contribution in [0.3, 0.4) is 0 Å². The van der Waals surface area contributed by atoms with Crippen molar-refractivity contribution < 1.29 is 9.18 Å². The molecule has 100 valence electrons. The van der Waals surface area contributed by atoms with Crippen LogP contribution in [0.2, 0.25) is 0 Å². The van der Waals surface area contributed by atoms with Crippen LogP contribution in [0.1, 0.15) is 10.7 Å². The second-order valence-electron chi connectivity index (χ2n) is 3.88. The zero-order valence-electron chi connectivity index (χ0n) is 10.4. The summed E-state index contributed by atoms with van der Waals surface area (Å²) in [7, 11) is 0. The van der Waals surface area contributed by atoms with Gasteiger partial charge in [-0.15, -0.1) is 23.1 Å². The summed E-state index contributed by atoms with van der Waals surface area (Å²) in [5, 5.41) is 5.58. The lowest BCUT2D eigenvalue weighted by atomic mass is 10.3. The second-order valence-corrected chi connectivity index (χ2v) is 5.84. The number of aryl methyl sites for hydroxylation is 1. The minimum atomic E-state index is -0.296. The molecule has 1 N–H and O–H groups in total. The van der Waals surface area contributed by atoms with Crippen molar-refractivity contribution in [2.24, 2.45) is 0 Å². The average Bonchev–Trinajstić information content (AvgIpc) is 2.81. The number of amides is 1. The van der Waals surface area contributed by atoms with Gasteiger partial charge in [-0.2, -0.15) is 0 Å². The third-order valence-electron chi connectivity index (χ3n) is 2.30. The van der Waals surface area contributed by atoms with E-state index in [4.69, 9.17) is 0 Å². The summed E-state index contributed by atoms with van der Waals surface area (Å²) in [5.41, 5.74) is 0.954. The van der Waals surface area contributed by atoms with Gasteiger partial charge in [0.05, 0.1) is 12.3 Å². The molecule has 0 saturated heterocycles. The van der Waals surface area contributed by atoms with E-state index in [9.17, 15) is 9.18 Å². The molecule has 1 heterocycles. The highest BCUT2D eigenvalue weighted by molar-refractivity contribution is 8.00. The summed E-state index contributed by atoms with van der Waals surface area (Å²) >= 11 is 2.71. The van der Waals surface area contributed by atoms with Crippen LogP contribution in [-0.4, -0.2) is 16.6 Å². The zero-order chi connectivity index (χ0) is 13.7. The summed E-state index contributed by atoms with van der Waals surface area (Å²) in [6, 6.07) is 6.43. The van der Waals surface area contributed by atoms with Gasteiger partial charge in [-0.1, -0.05) is 12.1 Å². The summed E-state index contributed by atoms with van der Waals surface area (Å²) < 4.78 is 13.3. The molecule has 3 nitrogen and oxygen atoms in total. The summed E-state index contributed by atoms with van der Waals surface area (Å²) in [6.07, 6.45) is 0. The molecular formula is C13H13FN2OS2. The lowest BCUT2D eigenvalue weighted by Gasteiger charge is -2.04. The van der Waals surface area contributed by atoms with Crippen molar-refractivity contribution in [1.29, 1.82) is 0 Å². The number of carbonyl (C=O) groups is 1. The monoisotopic (exact) mass is 296 g/mol. The smallest absolute Gasteiger partial charge is 0.230 e. The zero-order valence-corrected chi connectivity index (χ0v) is 12.0. The van der Waals surface area contributed by atoms with Crippen LogP contribution in [-0.2, 0) is 11.3 Å². The number of hydrogen-bond donors (Lipinski definition) is 1. The molecule has 1 amide bonds. The number of carbonyl (C=O) groups excluding carboxylic acids is 1. The Bertz CT molecular complexity index is 571. The topological polar surface area (TPSA) is 42.0 Å². The first-order chi connectivity index (χ1) is 9.15. The van der Waals surface area contributed by atoms with E-state index in [0.717, 1.165) is 10.7 Å². The molecule has 19 heavy (non-hydrogen) atoms. The molecule has 2 aromatic rings. The molecule has 2 rings (SSSR count). The van der Waals surface area contributed by atoms with E-state index in [1.54, 1.807) is 18.2 Å². The minimum absolute atomic E-state index is 0.124. The molecule has 1 aromatic heterocycles. The fourth-order valence-corrected chi connectivity index (χ4v) is 2.90. The number of halogens is 1. The van der Waals surface area contributed by atoms with Gasteiger partial charge in [0.25, 0.3) is 0 Å². The van der Waals surface area contributed by atoms with Gasteiger partial charge in [-0.05, 0) is 19.1 Å². The van der Waals surface area contributed by atoms with Crippen LogP contribution in [0.4, 0.5) is 4.39 Å². The predicted octanol–water partition coefficient (Wildman–Crippen LogP) is 3.00. The van der Waals surface area contributed by atoms with Gasteiger partial charge >= 0.3 is 0 Å². The lowest BCUT2D eigenvalue weighted by molar-refractivity contribution is -0.118. The first-order valence-electron chi connectivity index (χ1n) is 5.70. The number of rotatable bonds is 5. The fourth-order valence-electron chi connectivity index (χ4n) is 1.41. The largest absolute Gasteiger partial charge is 0.349 e. The Labute approximate surface area is 119 Å². The van der Waals surface area contributed by atoms with E-state index < -0.39 is 0 Å². The molecule has 6 heteroatoms. The molecule has 1 aromatic carbocycles. The van der Waals surface area contributed by atoms with Crippen LogP contribution in [0, 0.1) is 12.7 Å². The molecule has 0 fully saturated rings. The van der Waals surface area contributed by atoms with Crippen molar-refractivity contribution in [3.05, 3.63) is 46.2 Å². The normalized spacial score (nSPS) is 10.4. The maximum atomic E-state index is 13.3. The summed E-state index contributed by atoms with van der Waals surface area (Å²) in [4.78, 5) is 16.4. The molecular weight excluding hydrogens is 283 g/mol. The van der Waals surface area contributed by atoms with Gasteiger partial charge < -0.3 is 5.32 Å². The molecule has 0 aliphatic heterocycles. The highest BCUT2D eigenvalue weighted by Gasteiger charge is 2.07. The number of thiazole rings is 1. The van der Waals surface area contributed by atoms with Crippen molar-refractivity contribution in [2.75, 3.05) is 5.75 Å². The van der Waals surface area contributed by atoms with Crippen LogP contribution >= 0.6 is 23.1 Å². The Morgan fingerprint density at radius 1 is 1.47 bits per heavy atom. The second kappa shape index (κ2) is 6.68. The highest BCUT2D eigenvalue weighted by atomic mass is 32.2. The molecule has 0 aliphatic rings. The molecule has 0 bridgehead atoms. The Morgan fingerprint density at radius 3 is 2.95 bits per heavy atom. The number of aromatic nitrogens is 1. The SMILES string of the molecule is Cc1csc(CNC(=O)CSc2ccccc2F)n1. The van der Waals surface area contributed by atoms with Gasteiger partial charge in [0, 0.05) is 16.0 Å². The number of hydrogen-bond acceptors (Lipinski definition) is 4. The molecule has 0 saturated carbocycles. The van der Waals surface area contributed by atoms with Crippen molar-refractivity contribution in [3.63, 3.8) is 0 Å². The number of nitrogens with one attached hydrogen (secondary N) is 1. The Morgan fingerprint density at radius 2 is 2.26 bits per heavy atom. The van der Waals surface area contributed by atoms with Gasteiger partial charge in [-0.3, -0.25) is 4.79 Å². The van der Waals surface area contributed by atoms with Crippen LogP contribution in [0.25, 0.3) is 0 Å². The number of nitrogens with zero attached hydrogens (tertiary/aromatic N) is 1. The van der Waals surface area contributed by atoms with Crippen molar-refractivity contribution >= 4 is 29.0 Å². The summed E-state index contributed by atoms with van der Waals surface area (Å²) in [5.74, 6) is -0.220. The molecule has 0 aliphatic carbocycles. The highest BCUT2D eigenvalue weighted by Crippen LogP contribution is 2.20. The van der Waals surface area contributed by atoms with Crippen LogP contribution in [0.5, 0.6) is 0 Å². The van der Waals surface area contributed by atoms with E-state index in [-0.39, 0.29) is 17.5 Å². The van der Waals surface area contributed by atoms with Gasteiger partial charge in [0.2, 0.25) is 5.91 Å². The Kier molecular flexibility index (Phi) is 4.93. The maximum Gasteiger partial charge on any atom is 0.230 e. The van der Waals surface area contributed by atoms with E-state index in [0.29, 0.717) is 11.4 Å². The standard InChI is InChI=1S/C13H13FN2OS2/c1-9-7-19-13(16-9)6-15-12(17)8-18-11-5-3-2-4-10(11)14/h2-5,7H,6,8H2,1H3,(H,15,17). The van der Waals surface area contributed by atoms with Crippen molar-refractivity contribution in [3.8, 4) is 0 Å². The maximum absolute atomic E-state index is 13.3. The lowest BCUT2D eigenvalue weighted by Crippen LogP contribution is -2.24. The third-order valence-corrected chi connectivity index (χ3v) is 4.31. The number of benzene rings is 1. The van der Waals surface area contributed by atoms with Crippen molar-refractivity contribution in [1.82, 2.24) is 10.3 Å². The van der Waals surface area contributed by atoms with Gasteiger partial charge in [0.15, 0.2) is 0 Å². The molecule has 0 radical (unpaired) electrons. The molecule has 0 unspecified atom stereocenters. The third kappa shape index (κ3) is 4.33. The minimum Gasteiger partial charge on any atom is -0.349 e.